The molecule has 0 aromatic heterocycles. The fourth-order valence-electron chi connectivity index (χ4n) is 2.43. The zero-order valence-electron chi connectivity index (χ0n) is 12.9. The lowest BCUT2D eigenvalue weighted by Gasteiger charge is -2.26. The summed E-state index contributed by atoms with van der Waals surface area (Å²) in [6.07, 6.45) is 0. The van der Waals surface area contributed by atoms with E-state index in [-0.39, 0.29) is 17.3 Å². The van der Waals surface area contributed by atoms with Gasteiger partial charge in [-0.15, -0.1) is 0 Å². The van der Waals surface area contributed by atoms with Crippen LogP contribution in [0.2, 0.25) is 0 Å². The van der Waals surface area contributed by atoms with Crippen molar-refractivity contribution in [3.8, 4) is 0 Å². The summed E-state index contributed by atoms with van der Waals surface area (Å²) >= 11 is 3.29. The monoisotopic (exact) mass is 349 g/mol. The number of benzene rings is 2. The van der Waals surface area contributed by atoms with Crippen LogP contribution < -0.4 is 5.32 Å². The minimum absolute atomic E-state index is 0.0432. The van der Waals surface area contributed by atoms with Crippen LogP contribution in [0.15, 0.2) is 46.9 Å². The Morgan fingerprint density at radius 3 is 2.38 bits per heavy atom. The number of anilines is 1. The van der Waals surface area contributed by atoms with Crippen molar-refractivity contribution in [2.24, 2.45) is 0 Å². The molecule has 2 rings (SSSR count). The topological polar surface area (TPSA) is 12.0 Å². The third kappa shape index (κ3) is 3.85. The molecule has 1 N–H and O–H groups in total. The van der Waals surface area contributed by atoms with Crippen LogP contribution >= 0.6 is 15.9 Å². The predicted octanol–water partition coefficient (Wildman–Crippen LogP) is 6.06. The predicted molar refractivity (Wildman–Crippen MR) is 91.3 cm³/mol. The lowest BCUT2D eigenvalue weighted by molar-refractivity contribution is 0.587. The molecule has 3 heteroatoms. The van der Waals surface area contributed by atoms with Gasteiger partial charge in [0.15, 0.2) is 0 Å². The van der Waals surface area contributed by atoms with Crippen LogP contribution in [0.1, 0.15) is 44.9 Å². The summed E-state index contributed by atoms with van der Waals surface area (Å²) in [5.41, 5.74) is 3.00. The first-order valence-electron chi connectivity index (χ1n) is 7.10. The lowest BCUT2D eigenvalue weighted by Crippen LogP contribution is -2.17. The second kappa shape index (κ2) is 6.18. The maximum atomic E-state index is 14.1. The van der Waals surface area contributed by atoms with Crippen molar-refractivity contribution in [2.75, 3.05) is 5.32 Å². The van der Waals surface area contributed by atoms with Gasteiger partial charge in [-0.1, -0.05) is 61.0 Å². The molecule has 0 aliphatic heterocycles. The molecule has 0 radical (unpaired) electrons. The van der Waals surface area contributed by atoms with E-state index < -0.39 is 0 Å². The summed E-state index contributed by atoms with van der Waals surface area (Å²) in [5.74, 6) is -0.197. The molecule has 2 aromatic carbocycles. The highest BCUT2D eigenvalue weighted by atomic mass is 79.9. The Morgan fingerprint density at radius 1 is 1.10 bits per heavy atom. The zero-order valence-corrected chi connectivity index (χ0v) is 14.5. The van der Waals surface area contributed by atoms with Crippen molar-refractivity contribution in [1.82, 2.24) is 0 Å². The van der Waals surface area contributed by atoms with Crippen molar-refractivity contribution in [1.29, 1.82) is 0 Å². The normalized spacial score (nSPS) is 13.0. The van der Waals surface area contributed by atoms with E-state index in [2.05, 4.69) is 48.1 Å². The largest absolute Gasteiger partial charge is 0.378 e. The van der Waals surface area contributed by atoms with E-state index in [4.69, 9.17) is 0 Å². The van der Waals surface area contributed by atoms with Crippen LogP contribution in [0.25, 0.3) is 0 Å². The quantitative estimate of drug-likeness (QED) is 0.710. The highest BCUT2D eigenvalue weighted by Crippen LogP contribution is 2.32. The zero-order chi connectivity index (χ0) is 15.6. The minimum atomic E-state index is -0.197. The molecule has 1 unspecified atom stereocenters. The Bertz CT molecular complexity index is 631. The Labute approximate surface area is 134 Å². The standard InChI is InChI=1S/C18H21BrFN/c1-12(14-10-9-13(19)11-16(14)20)21-17-8-6-5-7-15(17)18(2,3)4/h5-12,21H,1-4H3. The molecular formula is C18H21BrFN. The van der Waals surface area contributed by atoms with Gasteiger partial charge in [0.05, 0.1) is 6.04 Å². The molecule has 0 aliphatic rings. The average Bonchev–Trinajstić information content (AvgIpc) is 2.37. The molecule has 1 nitrogen and oxygen atoms in total. The van der Waals surface area contributed by atoms with Gasteiger partial charge in [0.1, 0.15) is 5.82 Å². The first-order chi connectivity index (χ1) is 9.79. The van der Waals surface area contributed by atoms with Crippen LogP contribution in [-0.4, -0.2) is 0 Å². The van der Waals surface area contributed by atoms with Crippen LogP contribution in [-0.2, 0) is 5.41 Å². The molecule has 0 amide bonds. The third-order valence-corrected chi connectivity index (χ3v) is 4.03. The summed E-state index contributed by atoms with van der Waals surface area (Å²) in [5, 5.41) is 3.44. The Hall–Kier alpha value is -1.35. The second-order valence-electron chi connectivity index (χ2n) is 6.33. The molecule has 112 valence electrons. The van der Waals surface area contributed by atoms with E-state index in [1.807, 2.05) is 37.3 Å². The highest BCUT2D eigenvalue weighted by molar-refractivity contribution is 9.10. The van der Waals surface area contributed by atoms with E-state index >= 15 is 0 Å². The highest BCUT2D eigenvalue weighted by Gasteiger charge is 2.19. The maximum Gasteiger partial charge on any atom is 0.129 e. The fourth-order valence-corrected chi connectivity index (χ4v) is 2.76. The second-order valence-corrected chi connectivity index (χ2v) is 7.24. The first-order valence-corrected chi connectivity index (χ1v) is 7.89. The summed E-state index contributed by atoms with van der Waals surface area (Å²) in [6, 6.07) is 13.3. The first kappa shape index (κ1) is 16.0. The number of para-hydroxylation sites is 1. The van der Waals surface area contributed by atoms with Gasteiger partial charge < -0.3 is 5.32 Å². The molecule has 21 heavy (non-hydrogen) atoms. The fraction of sp³-hybridized carbons (Fsp3) is 0.333. The average molecular weight is 350 g/mol. The number of hydrogen-bond donors (Lipinski definition) is 1. The molecule has 2 aromatic rings. The minimum Gasteiger partial charge on any atom is -0.378 e. The molecule has 0 fully saturated rings. The molecule has 0 bridgehead atoms. The van der Waals surface area contributed by atoms with Gasteiger partial charge in [-0.3, -0.25) is 0 Å². The molecular weight excluding hydrogens is 329 g/mol. The van der Waals surface area contributed by atoms with Gasteiger partial charge in [0.2, 0.25) is 0 Å². The van der Waals surface area contributed by atoms with E-state index in [1.54, 1.807) is 0 Å². The van der Waals surface area contributed by atoms with E-state index in [1.165, 1.54) is 11.6 Å². The van der Waals surface area contributed by atoms with Crippen molar-refractivity contribution >= 4 is 21.6 Å². The Morgan fingerprint density at radius 2 is 1.76 bits per heavy atom. The molecule has 0 saturated carbocycles. The van der Waals surface area contributed by atoms with Gasteiger partial charge in [-0.05, 0) is 36.1 Å². The summed E-state index contributed by atoms with van der Waals surface area (Å²) < 4.78 is 14.8. The van der Waals surface area contributed by atoms with Crippen LogP contribution in [0.3, 0.4) is 0 Å². The molecule has 1 atom stereocenters. The smallest absolute Gasteiger partial charge is 0.129 e. The number of halogens is 2. The van der Waals surface area contributed by atoms with Gasteiger partial charge in [0, 0.05) is 15.7 Å². The van der Waals surface area contributed by atoms with Gasteiger partial charge in [0.25, 0.3) is 0 Å². The van der Waals surface area contributed by atoms with Gasteiger partial charge >= 0.3 is 0 Å². The summed E-state index contributed by atoms with van der Waals surface area (Å²) in [7, 11) is 0. The molecule has 0 heterocycles. The number of rotatable bonds is 3. The van der Waals surface area contributed by atoms with E-state index in [0.29, 0.717) is 5.56 Å². The van der Waals surface area contributed by atoms with Crippen molar-refractivity contribution in [2.45, 2.75) is 39.2 Å². The van der Waals surface area contributed by atoms with Gasteiger partial charge in [-0.2, -0.15) is 0 Å². The molecule has 0 spiro atoms. The van der Waals surface area contributed by atoms with Crippen LogP contribution in [0.4, 0.5) is 10.1 Å². The molecule has 0 saturated heterocycles. The van der Waals surface area contributed by atoms with Gasteiger partial charge in [-0.25, -0.2) is 4.39 Å². The maximum absolute atomic E-state index is 14.1. The van der Waals surface area contributed by atoms with E-state index in [9.17, 15) is 4.39 Å². The third-order valence-electron chi connectivity index (χ3n) is 3.54. The van der Waals surface area contributed by atoms with Crippen molar-refractivity contribution in [3.63, 3.8) is 0 Å². The SMILES string of the molecule is CC(Nc1ccccc1C(C)(C)C)c1ccc(Br)cc1F. The van der Waals surface area contributed by atoms with Crippen LogP contribution in [0.5, 0.6) is 0 Å². The number of hydrogen-bond acceptors (Lipinski definition) is 1. The Kier molecular flexibility index (Phi) is 4.72. The van der Waals surface area contributed by atoms with E-state index in [0.717, 1.165) is 10.2 Å². The van der Waals surface area contributed by atoms with Crippen molar-refractivity contribution in [3.05, 3.63) is 63.9 Å². The number of nitrogens with one attached hydrogen (secondary N) is 1. The Balaban J connectivity index is 2.30. The van der Waals surface area contributed by atoms with Crippen LogP contribution in [0, 0.1) is 5.82 Å². The lowest BCUT2D eigenvalue weighted by atomic mass is 9.85. The summed E-state index contributed by atoms with van der Waals surface area (Å²) in [4.78, 5) is 0. The van der Waals surface area contributed by atoms with Crippen molar-refractivity contribution < 1.29 is 4.39 Å². The molecule has 0 aliphatic carbocycles. The summed E-state index contributed by atoms with van der Waals surface area (Å²) in [6.45, 7) is 8.51.